The highest BCUT2D eigenvalue weighted by Gasteiger charge is 2.13. The van der Waals surface area contributed by atoms with Gasteiger partial charge in [0.25, 0.3) is 5.91 Å². The first-order valence-electron chi connectivity index (χ1n) is 5.44. The summed E-state index contributed by atoms with van der Waals surface area (Å²) in [6.45, 7) is 0. The number of benzene rings is 1. The van der Waals surface area contributed by atoms with E-state index < -0.39 is 5.97 Å². The summed E-state index contributed by atoms with van der Waals surface area (Å²) >= 11 is 5.93. The van der Waals surface area contributed by atoms with Crippen LogP contribution in [0.4, 0.5) is 5.69 Å². The first-order valence-corrected chi connectivity index (χ1v) is 5.82. The molecule has 0 atom stereocenters. The Morgan fingerprint density at radius 1 is 1.32 bits per heavy atom. The van der Waals surface area contributed by atoms with Gasteiger partial charge in [-0.2, -0.15) is 0 Å². The summed E-state index contributed by atoms with van der Waals surface area (Å²) in [7, 11) is 1.74. The minimum atomic E-state index is -1.08. The lowest BCUT2D eigenvalue weighted by atomic mass is 10.2. The van der Waals surface area contributed by atoms with Crippen LogP contribution in [0.1, 0.15) is 20.8 Å². The number of carbonyl (C=O) groups excluding carboxylic acids is 1. The fourth-order valence-electron chi connectivity index (χ4n) is 1.64. The molecule has 1 aromatic carbocycles. The number of nitrogens with one attached hydrogen (secondary N) is 1. The van der Waals surface area contributed by atoms with Crippen LogP contribution >= 0.6 is 11.6 Å². The Kier molecular flexibility index (Phi) is 3.57. The summed E-state index contributed by atoms with van der Waals surface area (Å²) in [6, 6.07) is 7.54. The van der Waals surface area contributed by atoms with Crippen molar-refractivity contribution in [1.29, 1.82) is 0 Å². The van der Waals surface area contributed by atoms with Crippen molar-refractivity contribution in [2.24, 2.45) is 7.05 Å². The number of aryl methyl sites for hydroxylation is 1. The molecule has 6 heteroatoms. The predicted molar refractivity (Wildman–Crippen MR) is 71.8 cm³/mol. The molecule has 0 radical (unpaired) electrons. The molecule has 0 saturated carbocycles. The van der Waals surface area contributed by atoms with Gasteiger partial charge in [-0.05, 0) is 30.3 Å². The van der Waals surface area contributed by atoms with Gasteiger partial charge in [0.15, 0.2) is 0 Å². The first kappa shape index (κ1) is 13.2. The molecule has 5 nitrogen and oxygen atoms in total. The first-order chi connectivity index (χ1) is 8.99. The van der Waals surface area contributed by atoms with Crippen LogP contribution in [0, 0.1) is 0 Å². The molecule has 0 unspecified atom stereocenters. The van der Waals surface area contributed by atoms with Gasteiger partial charge in [0.05, 0.1) is 16.3 Å². The molecule has 0 aliphatic carbocycles. The third-order valence-electron chi connectivity index (χ3n) is 2.64. The van der Waals surface area contributed by atoms with Crippen LogP contribution in [0.5, 0.6) is 0 Å². The standard InChI is InChI=1S/C13H11ClN2O3/c1-16-6-2-3-11(16)12(17)15-10-7-8(13(18)19)4-5-9(10)14/h2-7H,1H3,(H,15,17)(H,18,19). The van der Waals surface area contributed by atoms with E-state index in [1.54, 1.807) is 29.9 Å². The average Bonchev–Trinajstić information content (AvgIpc) is 2.78. The summed E-state index contributed by atoms with van der Waals surface area (Å²) in [6.07, 6.45) is 1.74. The number of carboxylic acid groups (broad SMARTS) is 1. The molecular formula is C13H11ClN2O3. The summed E-state index contributed by atoms with van der Waals surface area (Å²) in [5.41, 5.74) is 0.788. The van der Waals surface area contributed by atoms with Crippen molar-refractivity contribution in [3.63, 3.8) is 0 Å². The SMILES string of the molecule is Cn1cccc1C(=O)Nc1cc(C(=O)O)ccc1Cl. The van der Waals surface area contributed by atoms with Crippen LogP contribution in [0.3, 0.4) is 0 Å². The lowest BCUT2D eigenvalue weighted by Gasteiger charge is -2.08. The lowest BCUT2D eigenvalue weighted by molar-refractivity contribution is 0.0696. The normalized spacial score (nSPS) is 10.2. The quantitative estimate of drug-likeness (QED) is 0.906. The molecule has 2 aromatic rings. The van der Waals surface area contributed by atoms with E-state index in [1.165, 1.54) is 18.2 Å². The zero-order valence-electron chi connectivity index (χ0n) is 10.1. The number of hydrogen-bond donors (Lipinski definition) is 2. The van der Waals surface area contributed by atoms with Crippen molar-refractivity contribution >= 4 is 29.2 Å². The summed E-state index contributed by atoms with van der Waals surface area (Å²) in [4.78, 5) is 22.9. The number of amides is 1. The van der Waals surface area contributed by atoms with Crippen molar-refractivity contribution < 1.29 is 14.7 Å². The number of rotatable bonds is 3. The number of nitrogens with zero attached hydrogens (tertiary/aromatic N) is 1. The van der Waals surface area contributed by atoms with Crippen LogP contribution in [-0.4, -0.2) is 21.6 Å². The van der Waals surface area contributed by atoms with E-state index in [4.69, 9.17) is 16.7 Å². The summed E-state index contributed by atoms with van der Waals surface area (Å²) < 4.78 is 1.66. The number of carboxylic acids is 1. The second kappa shape index (κ2) is 5.16. The maximum Gasteiger partial charge on any atom is 0.335 e. The van der Waals surface area contributed by atoms with Crippen LogP contribution in [0.2, 0.25) is 5.02 Å². The zero-order chi connectivity index (χ0) is 14.0. The van der Waals surface area contributed by atoms with Gasteiger partial charge < -0.3 is 15.0 Å². The van der Waals surface area contributed by atoms with E-state index >= 15 is 0 Å². The van der Waals surface area contributed by atoms with Gasteiger partial charge in [-0.15, -0.1) is 0 Å². The highest BCUT2D eigenvalue weighted by Crippen LogP contribution is 2.23. The average molecular weight is 279 g/mol. The van der Waals surface area contributed by atoms with Crippen LogP contribution < -0.4 is 5.32 Å². The molecule has 0 aliphatic rings. The molecular weight excluding hydrogens is 268 g/mol. The monoisotopic (exact) mass is 278 g/mol. The summed E-state index contributed by atoms with van der Waals surface area (Å²) in [5, 5.41) is 11.8. The minimum Gasteiger partial charge on any atom is -0.478 e. The predicted octanol–water partition coefficient (Wildman–Crippen LogP) is 2.63. The molecule has 0 fully saturated rings. The van der Waals surface area contributed by atoms with Gasteiger partial charge in [0.2, 0.25) is 0 Å². The molecule has 1 aromatic heterocycles. The van der Waals surface area contributed by atoms with Crippen LogP contribution in [0.15, 0.2) is 36.5 Å². The molecule has 2 N–H and O–H groups in total. The Bertz CT molecular complexity index is 649. The minimum absolute atomic E-state index is 0.0616. The van der Waals surface area contributed by atoms with Gasteiger partial charge in [-0.1, -0.05) is 11.6 Å². The Balaban J connectivity index is 2.28. The van der Waals surface area contributed by atoms with E-state index in [-0.39, 0.29) is 22.2 Å². The van der Waals surface area contributed by atoms with Crippen molar-refractivity contribution in [2.45, 2.75) is 0 Å². The number of anilines is 1. The molecule has 98 valence electrons. The maximum absolute atomic E-state index is 12.0. The van der Waals surface area contributed by atoms with Crippen LogP contribution in [-0.2, 0) is 7.05 Å². The van der Waals surface area contributed by atoms with Crippen molar-refractivity contribution in [3.05, 3.63) is 52.8 Å². The van der Waals surface area contributed by atoms with Crippen LogP contribution in [0.25, 0.3) is 0 Å². The molecule has 2 rings (SSSR count). The van der Waals surface area contributed by atoms with E-state index in [0.29, 0.717) is 5.69 Å². The third kappa shape index (κ3) is 2.77. The molecule has 0 aliphatic heterocycles. The van der Waals surface area contributed by atoms with E-state index in [9.17, 15) is 9.59 Å². The van der Waals surface area contributed by atoms with Gasteiger partial charge in [-0.3, -0.25) is 4.79 Å². The number of hydrogen-bond acceptors (Lipinski definition) is 2. The third-order valence-corrected chi connectivity index (χ3v) is 2.97. The molecule has 0 saturated heterocycles. The molecule has 1 heterocycles. The highest BCUT2D eigenvalue weighted by molar-refractivity contribution is 6.34. The maximum atomic E-state index is 12.0. The Morgan fingerprint density at radius 2 is 2.05 bits per heavy atom. The van der Waals surface area contributed by atoms with Crippen molar-refractivity contribution in [3.8, 4) is 0 Å². The zero-order valence-corrected chi connectivity index (χ0v) is 10.8. The Hall–Kier alpha value is -2.27. The molecule has 19 heavy (non-hydrogen) atoms. The fraction of sp³-hybridized carbons (Fsp3) is 0.0769. The number of halogens is 1. The molecule has 1 amide bonds. The fourth-order valence-corrected chi connectivity index (χ4v) is 1.80. The van der Waals surface area contributed by atoms with Gasteiger partial charge in [-0.25, -0.2) is 4.79 Å². The van der Waals surface area contributed by atoms with Crippen molar-refractivity contribution in [1.82, 2.24) is 4.57 Å². The molecule has 0 spiro atoms. The number of aromatic carboxylic acids is 1. The second-order valence-electron chi connectivity index (χ2n) is 3.96. The molecule has 0 bridgehead atoms. The second-order valence-corrected chi connectivity index (χ2v) is 4.37. The van der Waals surface area contributed by atoms with E-state index in [2.05, 4.69) is 5.32 Å². The van der Waals surface area contributed by atoms with E-state index in [0.717, 1.165) is 0 Å². The van der Waals surface area contributed by atoms with Crippen molar-refractivity contribution in [2.75, 3.05) is 5.32 Å². The number of aromatic nitrogens is 1. The van der Waals surface area contributed by atoms with Gasteiger partial charge in [0.1, 0.15) is 5.69 Å². The van der Waals surface area contributed by atoms with E-state index in [1.807, 2.05) is 0 Å². The summed E-state index contributed by atoms with van der Waals surface area (Å²) in [5.74, 6) is -1.43. The van der Waals surface area contributed by atoms with Gasteiger partial charge >= 0.3 is 5.97 Å². The van der Waals surface area contributed by atoms with Gasteiger partial charge in [0, 0.05) is 13.2 Å². The smallest absolute Gasteiger partial charge is 0.335 e. The largest absolute Gasteiger partial charge is 0.478 e. The highest BCUT2D eigenvalue weighted by atomic mass is 35.5. The lowest BCUT2D eigenvalue weighted by Crippen LogP contribution is -2.16. The Morgan fingerprint density at radius 3 is 2.63 bits per heavy atom. The Labute approximate surface area is 114 Å². The number of carbonyl (C=O) groups is 2. The topological polar surface area (TPSA) is 71.3 Å².